The molecule has 4 nitrogen and oxygen atoms in total. The summed E-state index contributed by atoms with van der Waals surface area (Å²) in [5, 5.41) is 2.08. The molecule has 2 rings (SSSR count). The summed E-state index contributed by atoms with van der Waals surface area (Å²) in [4.78, 5) is 25.5. The van der Waals surface area contributed by atoms with E-state index in [1.54, 1.807) is 6.92 Å². The molecule has 0 atom stereocenters. The Labute approximate surface area is 111 Å². The maximum atomic E-state index is 13.4. The van der Waals surface area contributed by atoms with E-state index in [0.29, 0.717) is 11.8 Å². The maximum Gasteiger partial charge on any atom is 0.256 e. The van der Waals surface area contributed by atoms with Crippen LogP contribution in [0, 0.1) is 24.4 Å². The minimum Gasteiger partial charge on any atom is -0.326 e. The third kappa shape index (κ3) is 2.71. The molecule has 0 fully saturated rings. The number of hydrogen-bond donors (Lipinski definition) is 2. The number of nitrogens with one attached hydrogen (secondary N) is 2. The van der Waals surface area contributed by atoms with Gasteiger partial charge in [0.25, 0.3) is 5.91 Å². The van der Waals surface area contributed by atoms with Crippen molar-refractivity contribution in [2.75, 3.05) is 5.32 Å². The van der Waals surface area contributed by atoms with Crippen LogP contribution in [0.1, 0.15) is 16.1 Å². The molecular formula is C13H9F3N2O2. The predicted molar refractivity (Wildman–Crippen MR) is 66.1 cm³/mol. The van der Waals surface area contributed by atoms with Crippen LogP contribution < -0.4 is 10.9 Å². The van der Waals surface area contributed by atoms with Gasteiger partial charge in [-0.3, -0.25) is 9.59 Å². The highest BCUT2D eigenvalue weighted by molar-refractivity contribution is 6.04. The Kier molecular flexibility index (Phi) is 3.60. The zero-order valence-corrected chi connectivity index (χ0v) is 10.3. The van der Waals surface area contributed by atoms with Gasteiger partial charge in [0.1, 0.15) is 0 Å². The summed E-state index contributed by atoms with van der Waals surface area (Å²) in [6.45, 7) is 1.57. The Bertz CT molecular complexity index is 741. The Morgan fingerprint density at radius 2 is 1.85 bits per heavy atom. The molecular weight excluding hydrogens is 273 g/mol. The van der Waals surface area contributed by atoms with Crippen LogP contribution >= 0.6 is 0 Å². The summed E-state index contributed by atoms with van der Waals surface area (Å²) in [7, 11) is 0. The van der Waals surface area contributed by atoms with Crippen LogP contribution in [0.5, 0.6) is 0 Å². The van der Waals surface area contributed by atoms with E-state index in [9.17, 15) is 22.8 Å². The number of halogens is 3. The molecule has 1 aromatic heterocycles. The van der Waals surface area contributed by atoms with E-state index in [0.717, 1.165) is 12.1 Å². The Balaban J connectivity index is 2.33. The molecule has 0 aliphatic heterocycles. The number of rotatable bonds is 2. The number of aromatic amines is 1. The monoisotopic (exact) mass is 282 g/mol. The van der Waals surface area contributed by atoms with Gasteiger partial charge in [-0.05, 0) is 25.1 Å². The van der Waals surface area contributed by atoms with Crippen molar-refractivity contribution >= 4 is 11.6 Å². The fourth-order valence-corrected chi connectivity index (χ4v) is 1.63. The van der Waals surface area contributed by atoms with Gasteiger partial charge >= 0.3 is 0 Å². The second-order valence-electron chi connectivity index (χ2n) is 4.09. The van der Waals surface area contributed by atoms with Crippen LogP contribution in [0.15, 0.2) is 29.1 Å². The lowest BCUT2D eigenvalue weighted by Crippen LogP contribution is -2.17. The lowest BCUT2D eigenvalue weighted by Gasteiger charge is -2.07. The normalized spacial score (nSPS) is 10.4. The molecule has 0 saturated heterocycles. The molecule has 0 saturated carbocycles. The van der Waals surface area contributed by atoms with Gasteiger partial charge in [-0.25, -0.2) is 13.2 Å². The first-order valence-corrected chi connectivity index (χ1v) is 5.54. The smallest absolute Gasteiger partial charge is 0.256 e. The summed E-state index contributed by atoms with van der Waals surface area (Å²) in [5.74, 6) is -5.33. The number of H-pyrrole nitrogens is 1. The van der Waals surface area contributed by atoms with Crippen molar-refractivity contribution in [1.82, 2.24) is 4.98 Å². The molecule has 7 heteroatoms. The van der Waals surface area contributed by atoms with Crippen molar-refractivity contribution in [3.63, 3.8) is 0 Å². The largest absolute Gasteiger partial charge is 0.326 e. The first-order chi connectivity index (χ1) is 9.38. The van der Waals surface area contributed by atoms with Crippen molar-refractivity contribution < 1.29 is 18.0 Å². The number of benzene rings is 1. The van der Waals surface area contributed by atoms with E-state index in [4.69, 9.17) is 0 Å². The zero-order valence-electron chi connectivity index (χ0n) is 10.3. The minimum atomic E-state index is -1.68. The van der Waals surface area contributed by atoms with E-state index < -0.39 is 34.6 Å². The number of aromatic nitrogens is 1. The van der Waals surface area contributed by atoms with Gasteiger partial charge in [-0.2, -0.15) is 0 Å². The number of anilines is 1. The number of aryl methyl sites for hydroxylation is 1. The van der Waals surface area contributed by atoms with Crippen LogP contribution in [-0.2, 0) is 0 Å². The number of pyridine rings is 1. The highest BCUT2D eigenvalue weighted by atomic mass is 19.2. The van der Waals surface area contributed by atoms with E-state index in [2.05, 4.69) is 10.3 Å². The predicted octanol–water partition coefficient (Wildman–Crippen LogP) is 2.35. The van der Waals surface area contributed by atoms with E-state index >= 15 is 0 Å². The molecule has 2 aromatic rings. The van der Waals surface area contributed by atoms with Gasteiger partial charge < -0.3 is 10.3 Å². The summed E-state index contributed by atoms with van der Waals surface area (Å²) < 4.78 is 39.2. The summed E-state index contributed by atoms with van der Waals surface area (Å²) in [6.07, 6.45) is 0. The molecule has 0 radical (unpaired) electrons. The van der Waals surface area contributed by atoms with Crippen LogP contribution in [0.4, 0.5) is 18.9 Å². The summed E-state index contributed by atoms with van der Waals surface area (Å²) >= 11 is 0. The molecule has 1 heterocycles. The van der Waals surface area contributed by atoms with E-state index in [-0.39, 0.29) is 5.56 Å². The van der Waals surface area contributed by atoms with Gasteiger partial charge in [0.15, 0.2) is 17.5 Å². The van der Waals surface area contributed by atoms with Gasteiger partial charge in [-0.1, -0.05) is 0 Å². The summed E-state index contributed by atoms with van der Waals surface area (Å²) in [5.41, 5.74) is -0.587. The first kappa shape index (κ1) is 13.9. The Hall–Kier alpha value is -2.57. The van der Waals surface area contributed by atoms with Gasteiger partial charge in [0, 0.05) is 17.3 Å². The van der Waals surface area contributed by atoms with Crippen LogP contribution in [0.2, 0.25) is 0 Å². The third-order valence-electron chi connectivity index (χ3n) is 2.52. The van der Waals surface area contributed by atoms with Crippen molar-refractivity contribution in [3.8, 4) is 0 Å². The number of hydrogen-bond acceptors (Lipinski definition) is 2. The molecule has 1 aromatic carbocycles. The zero-order chi connectivity index (χ0) is 14.9. The average Bonchev–Trinajstić information content (AvgIpc) is 2.38. The Morgan fingerprint density at radius 1 is 1.15 bits per heavy atom. The highest BCUT2D eigenvalue weighted by Crippen LogP contribution is 2.20. The molecule has 0 spiro atoms. The highest BCUT2D eigenvalue weighted by Gasteiger charge is 2.16. The molecule has 0 bridgehead atoms. The second-order valence-corrected chi connectivity index (χ2v) is 4.09. The molecule has 2 N–H and O–H groups in total. The number of carbonyl (C=O) groups is 1. The second kappa shape index (κ2) is 5.20. The number of amides is 1. The molecule has 20 heavy (non-hydrogen) atoms. The molecule has 0 aliphatic carbocycles. The van der Waals surface area contributed by atoms with Gasteiger partial charge in [0.2, 0.25) is 5.56 Å². The number of carbonyl (C=O) groups excluding carboxylic acids is 1. The van der Waals surface area contributed by atoms with E-state index in [1.165, 1.54) is 6.07 Å². The van der Waals surface area contributed by atoms with E-state index in [1.807, 2.05) is 0 Å². The topological polar surface area (TPSA) is 62.0 Å². The van der Waals surface area contributed by atoms with Crippen molar-refractivity contribution in [1.29, 1.82) is 0 Å². The third-order valence-corrected chi connectivity index (χ3v) is 2.52. The van der Waals surface area contributed by atoms with Crippen LogP contribution in [0.3, 0.4) is 0 Å². The molecule has 0 aliphatic rings. The summed E-state index contributed by atoms with van der Waals surface area (Å²) in [6, 6.07) is 3.97. The lowest BCUT2D eigenvalue weighted by molar-refractivity contribution is 0.102. The standard InChI is InChI=1S/C13H9F3N2O2/c1-6-4-7(5-10(19)17-6)13(20)18-9-3-2-8(14)11(15)12(9)16/h2-5H,1H3,(H,17,19)(H,18,20). The van der Waals surface area contributed by atoms with Crippen LogP contribution in [-0.4, -0.2) is 10.9 Å². The molecule has 1 amide bonds. The quantitative estimate of drug-likeness (QED) is 0.831. The SMILES string of the molecule is Cc1cc(C(=O)Nc2ccc(F)c(F)c2F)cc(=O)[nH]1. The first-order valence-electron chi connectivity index (χ1n) is 5.54. The molecule has 104 valence electrons. The fourth-order valence-electron chi connectivity index (χ4n) is 1.63. The minimum absolute atomic E-state index is 0.0182. The van der Waals surface area contributed by atoms with Crippen molar-refractivity contribution in [2.24, 2.45) is 0 Å². The lowest BCUT2D eigenvalue weighted by atomic mass is 10.2. The van der Waals surface area contributed by atoms with Gasteiger partial charge in [-0.15, -0.1) is 0 Å². The maximum absolute atomic E-state index is 13.4. The van der Waals surface area contributed by atoms with Gasteiger partial charge in [0.05, 0.1) is 5.69 Å². The fraction of sp³-hybridized carbons (Fsp3) is 0.0769. The average molecular weight is 282 g/mol. The van der Waals surface area contributed by atoms with Crippen LogP contribution in [0.25, 0.3) is 0 Å². The Morgan fingerprint density at radius 3 is 2.50 bits per heavy atom. The van der Waals surface area contributed by atoms with Crippen molar-refractivity contribution in [3.05, 3.63) is 63.3 Å². The molecule has 0 unspecified atom stereocenters. The van der Waals surface area contributed by atoms with Crippen molar-refractivity contribution in [2.45, 2.75) is 6.92 Å².